The molecule has 0 unspecified atom stereocenters. The Labute approximate surface area is 103 Å². The van der Waals surface area contributed by atoms with Crippen LogP contribution in [0.3, 0.4) is 0 Å². The van der Waals surface area contributed by atoms with Crippen LogP contribution in [-0.4, -0.2) is 12.6 Å². The molecule has 0 rings (SSSR count). The van der Waals surface area contributed by atoms with Gasteiger partial charge in [0.2, 0.25) is 0 Å². The highest BCUT2D eigenvalue weighted by Crippen LogP contribution is 2.33. The molecule has 0 N–H and O–H groups in total. The van der Waals surface area contributed by atoms with Gasteiger partial charge < -0.3 is 4.74 Å². The smallest absolute Gasteiger partial charge is 0.328 e. The van der Waals surface area contributed by atoms with Crippen molar-refractivity contribution in [2.45, 2.75) is 33.6 Å². The van der Waals surface area contributed by atoms with Gasteiger partial charge in [0.15, 0.2) is 5.41 Å². The van der Waals surface area contributed by atoms with Crippen molar-refractivity contribution in [3.05, 3.63) is 12.7 Å². The third-order valence-corrected chi connectivity index (χ3v) is 2.54. The Morgan fingerprint density at radius 2 is 2.24 bits per heavy atom. The van der Waals surface area contributed by atoms with E-state index in [4.69, 9.17) is 4.74 Å². The van der Waals surface area contributed by atoms with Gasteiger partial charge in [-0.2, -0.15) is 5.26 Å². The molecule has 0 heterocycles. The van der Waals surface area contributed by atoms with Crippen LogP contribution in [0.15, 0.2) is 12.7 Å². The van der Waals surface area contributed by atoms with Gasteiger partial charge in [0.25, 0.3) is 0 Å². The lowest BCUT2D eigenvalue weighted by Crippen LogP contribution is -2.37. The standard InChI is InChI=1S/C14H19NO2/c1-5-8-9-12(4)14(11-15,10-6-2)13(16)17-7-3/h6,12H,2,5,7,10H2,1,3-4H3/t12-,14+/m1/s1. The number of ether oxygens (including phenoxy) is 1. The lowest BCUT2D eigenvalue weighted by Gasteiger charge is -2.26. The molecule has 0 bridgehead atoms. The molecule has 0 aliphatic heterocycles. The number of nitrogens with zero attached hydrogens (tertiary/aromatic N) is 1. The first kappa shape index (κ1) is 15.3. The van der Waals surface area contributed by atoms with Crippen LogP contribution >= 0.6 is 0 Å². The molecule has 0 aromatic heterocycles. The number of nitriles is 1. The Balaban J connectivity index is 5.28. The maximum Gasteiger partial charge on any atom is 0.328 e. The predicted octanol–water partition coefficient (Wildman–Crippen LogP) is 2.69. The molecule has 2 atom stereocenters. The van der Waals surface area contributed by atoms with Gasteiger partial charge in [0, 0.05) is 12.3 Å². The fraction of sp³-hybridized carbons (Fsp3) is 0.571. The fourth-order valence-corrected chi connectivity index (χ4v) is 1.49. The summed E-state index contributed by atoms with van der Waals surface area (Å²) in [5, 5.41) is 9.31. The molecule has 0 fully saturated rings. The van der Waals surface area contributed by atoms with Crippen LogP contribution in [0.2, 0.25) is 0 Å². The Bertz CT molecular complexity index is 370. The minimum Gasteiger partial charge on any atom is -0.465 e. The Kier molecular flexibility index (Phi) is 6.75. The van der Waals surface area contributed by atoms with E-state index >= 15 is 0 Å². The normalized spacial score (nSPS) is 14.5. The Morgan fingerprint density at radius 1 is 1.59 bits per heavy atom. The molecule has 17 heavy (non-hydrogen) atoms. The summed E-state index contributed by atoms with van der Waals surface area (Å²) in [4.78, 5) is 11.9. The molecule has 0 saturated carbocycles. The van der Waals surface area contributed by atoms with E-state index in [1.165, 1.54) is 0 Å². The SMILES string of the molecule is C=CC[C@@](C#N)(C(=O)OCC)[C@H](C)C#CCC. The average molecular weight is 233 g/mol. The van der Waals surface area contributed by atoms with E-state index in [-0.39, 0.29) is 18.9 Å². The van der Waals surface area contributed by atoms with Crippen molar-refractivity contribution in [1.29, 1.82) is 5.26 Å². The number of hydrogen-bond donors (Lipinski definition) is 0. The van der Waals surface area contributed by atoms with Crippen molar-refractivity contribution < 1.29 is 9.53 Å². The zero-order chi connectivity index (χ0) is 13.3. The second kappa shape index (κ2) is 7.52. The highest BCUT2D eigenvalue weighted by Gasteiger charge is 2.44. The summed E-state index contributed by atoms with van der Waals surface area (Å²) in [7, 11) is 0. The summed E-state index contributed by atoms with van der Waals surface area (Å²) in [5.74, 6) is 4.94. The van der Waals surface area contributed by atoms with Crippen molar-refractivity contribution in [3.8, 4) is 17.9 Å². The van der Waals surface area contributed by atoms with Crippen LogP contribution in [0.1, 0.15) is 33.6 Å². The van der Waals surface area contributed by atoms with Crippen LogP contribution in [0.4, 0.5) is 0 Å². The first-order valence-electron chi connectivity index (χ1n) is 5.76. The summed E-state index contributed by atoms with van der Waals surface area (Å²) in [6.45, 7) is 9.26. The van der Waals surface area contributed by atoms with Crippen LogP contribution in [0.5, 0.6) is 0 Å². The van der Waals surface area contributed by atoms with Gasteiger partial charge in [-0.1, -0.05) is 18.9 Å². The molecule has 0 spiro atoms. The third kappa shape index (κ3) is 3.64. The third-order valence-electron chi connectivity index (χ3n) is 2.54. The molecule has 92 valence electrons. The van der Waals surface area contributed by atoms with E-state index in [1.807, 2.05) is 6.92 Å². The molecule has 3 nitrogen and oxygen atoms in total. The van der Waals surface area contributed by atoms with E-state index in [0.29, 0.717) is 6.42 Å². The molecule has 0 radical (unpaired) electrons. The lowest BCUT2D eigenvalue weighted by molar-refractivity contribution is -0.153. The van der Waals surface area contributed by atoms with Crippen molar-refractivity contribution in [2.24, 2.45) is 11.3 Å². The van der Waals surface area contributed by atoms with E-state index in [9.17, 15) is 10.1 Å². The highest BCUT2D eigenvalue weighted by molar-refractivity contribution is 5.81. The predicted molar refractivity (Wildman–Crippen MR) is 66.7 cm³/mol. The highest BCUT2D eigenvalue weighted by atomic mass is 16.5. The minimum absolute atomic E-state index is 0.252. The molecule has 3 heteroatoms. The second-order valence-electron chi connectivity index (χ2n) is 3.69. The second-order valence-corrected chi connectivity index (χ2v) is 3.69. The molecule has 0 saturated heterocycles. The molecule has 0 aliphatic carbocycles. The number of rotatable bonds is 5. The monoisotopic (exact) mass is 233 g/mol. The number of carbonyl (C=O) groups excluding carboxylic acids is 1. The van der Waals surface area contributed by atoms with Gasteiger partial charge in [0.05, 0.1) is 12.7 Å². The molecular formula is C14H19NO2. The topological polar surface area (TPSA) is 50.1 Å². The van der Waals surface area contributed by atoms with E-state index < -0.39 is 11.4 Å². The summed E-state index contributed by atoms with van der Waals surface area (Å²) in [6.07, 6.45) is 2.51. The van der Waals surface area contributed by atoms with E-state index in [1.54, 1.807) is 19.9 Å². The van der Waals surface area contributed by atoms with Crippen molar-refractivity contribution in [1.82, 2.24) is 0 Å². The molecule has 0 aromatic carbocycles. The summed E-state index contributed by atoms with van der Waals surface area (Å²) in [6, 6.07) is 2.06. The van der Waals surface area contributed by atoms with Crippen LogP contribution in [0, 0.1) is 34.5 Å². The lowest BCUT2D eigenvalue weighted by atomic mass is 9.75. The first-order valence-corrected chi connectivity index (χ1v) is 5.76. The van der Waals surface area contributed by atoms with Crippen molar-refractivity contribution in [3.63, 3.8) is 0 Å². The van der Waals surface area contributed by atoms with E-state index in [0.717, 1.165) is 0 Å². The summed E-state index contributed by atoms with van der Waals surface area (Å²) >= 11 is 0. The van der Waals surface area contributed by atoms with Gasteiger partial charge in [-0.15, -0.1) is 12.5 Å². The van der Waals surface area contributed by atoms with Crippen LogP contribution in [-0.2, 0) is 9.53 Å². The van der Waals surface area contributed by atoms with Crippen LogP contribution in [0.25, 0.3) is 0 Å². The van der Waals surface area contributed by atoms with Crippen LogP contribution < -0.4 is 0 Å². The van der Waals surface area contributed by atoms with Gasteiger partial charge >= 0.3 is 5.97 Å². The number of carbonyl (C=O) groups is 1. The van der Waals surface area contributed by atoms with E-state index in [2.05, 4.69) is 24.5 Å². The average Bonchev–Trinajstić information content (AvgIpc) is 2.33. The zero-order valence-corrected chi connectivity index (χ0v) is 10.7. The summed E-state index contributed by atoms with van der Waals surface area (Å²) in [5.41, 5.74) is -1.24. The number of allylic oxidation sites excluding steroid dienone is 1. The van der Waals surface area contributed by atoms with Crippen molar-refractivity contribution in [2.75, 3.05) is 6.61 Å². The van der Waals surface area contributed by atoms with Gasteiger partial charge in [-0.25, -0.2) is 0 Å². The van der Waals surface area contributed by atoms with Gasteiger partial charge in [-0.05, 0) is 20.3 Å². The van der Waals surface area contributed by atoms with Crippen molar-refractivity contribution >= 4 is 5.97 Å². The number of hydrogen-bond acceptors (Lipinski definition) is 3. The fourth-order valence-electron chi connectivity index (χ4n) is 1.49. The quantitative estimate of drug-likeness (QED) is 0.417. The largest absolute Gasteiger partial charge is 0.465 e. The summed E-state index contributed by atoms with van der Waals surface area (Å²) < 4.78 is 4.97. The maximum absolute atomic E-state index is 11.9. The minimum atomic E-state index is -1.24. The first-order chi connectivity index (χ1) is 8.08. The van der Waals surface area contributed by atoms with Gasteiger partial charge in [-0.3, -0.25) is 4.79 Å². The Morgan fingerprint density at radius 3 is 2.65 bits per heavy atom. The number of esters is 1. The molecule has 0 aromatic rings. The maximum atomic E-state index is 11.9. The molecular weight excluding hydrogens is 214 g/mol. The molecule has 0 amide bonds. The van der Waals surface area contributed by atoms with Gasteiger partial charge in [0.1, 0.15) is 0 Å². The zero-order valence-electron chi connectivity index (χ0n) is 10.7. The Hall–Kier alpha value is -1.74. The molecule has 0 aliphatic rings.